The Labute approximate surface area is 184 Å². The zero-order valence-corrected chi connectivity index (χ0v) is 18.2. The highest BCUT2D eigenvalue weighted by molar-refractivity contribution is 7.22. The number of aromatic amines is 1. The second kappa shape index (κ2) is 8.18. The van der Waals surface area contributed by atoms with E-state index in [4.69, 9.17) is 4.74 Å². The van der Waals surface area contributed by atoms with Gasteiger partial charge in [0.2, 0.25) is 0 Å². The van der Waals surface area contributed by atoms with Gasteiger partial charge in [0.05, 0.1) is 18.6 Å². The Morgan fingerprint density at radius 3 is 2.84 bits per heavy atom. The molecule has 5 heterocycles. The van der Waals surface area contributed by atoms with Gasteiger partial charge in [0.15, 0.2) is 0 Å². The number of rotatable bonds is 4. The third-order valence-electron chi connectivity index (χ3n) is 6.65. The molecule has 1 aliphatic carbocycles. The van der Waals surface area contributed by atoms with Crippen LogP contribution in [0.3, 0.4) is 0 Å². The highest BCUT2D eigenvalue weighted by Gasteiger charge is 2.27. The quantitative estimate of drug-likeness (QED) is 0.499. The smallest absolute Gasteiger partial charge is 0.143 e. The summed E-state index contributed by atoms with van der Waals surface area (Å²) in [6, 6.07) is 5.42. The molecule has 8 heteroatoms. The van der Waals surface area contributed by atoms with Gasteiger partial charge in [0.1, 0.15) is 17.8 Å². The molecule has 7 nitrogen and oxygen atoms in total. The van der Waals surface area contributed by atoms with Crippen molar-refractivity contribution in [2.75, 3.05) is 31.6 Å². The van der Waals surface area contributed by atoms with E-state index in [9.17, 15) is 0 Å². The maximum absolute atomic E-state index is 5.52. The topological polar surface area (TPSA) is 79.0 Å². The first kappa shape index (κ1) is 19.2. The fourth-order valence-electron chi connectivity index (χ4n) is 5.01. The van der Waals surface area contributed by atoms with Gasteiger partial charge in [-0.15, -0.1) is 11.3 Å². The molecule has 160 valence electrons. The number of pyridine rings is 1. The molecule has 0 atom stereocenters. The molecule has 0 bridgehead atoms. The predicted octanol–water partition coefficient (Wildman–Crippen LogP) is 4.29. The van der Waals surface area contributed by atoms with Crippen LogP contribution in [0.1, 0.15) is 25.7 Å². The van der Waals surface area contributed by atoms with E-state index < -0.39 is 0 Å². The Balaban J connectivity index is 1.24. The summed E-state index contributed by atoms with van der Waals surface area (Å²) >= 11 is 1.78. The molecule has 0 aromatic carbocycles. The van der Waals surface area contributed by atoms with Crippen LogP contribution in [-0.2, 0) is 4.74 Å². The van der Waals surface area contributed by atoms with E-state index in [1.807, 2.05) is 12.4 Å². The third-order valence-corrected chi connectivity index (χ3v) is 7.80. The van der Waals surface area contributed by atoms with Crippen molar-refractivity contribution in [3.8, 4) is 10.4 Å². The monoisotopic (exact) mass is 434 g/mol. The zero-order chi connectivity index (χ0) is 20.6. The van der Waals surface area contributed by atoms with E-state index in [2.05, 4.69) is 48.5 Å². The summed E-state index contributed by atoms with van der Waals surface area (Å²) in [5.41, 5.74) is 2.03. The fraction of sp³-hybridized carbons (Fsp3) is 0.435. The van der Waals surface area contributed by atoms with Gasteiger partial charge in [-0.3, -0.25) is 9.88 Å². The highest BCUT2D eigenvalue weighted by Crippen LogP contribution is 2.39. The first-order valence-corrected chi connectivity index (χ1v) is 11.9. The Morgan fingerprint density at radius 2 is 2.00 bits per heavy atom. The van der Waals surface area contributed by atoms with Crippen LogP contribution in [0.4, 0.5) is 5.82 Å². The van der Waals surface area contributed by atoms with E-state index in [1.165, 1.54) is 40.6 Å². The first-order chi connectivity index (χ1) is 15.3. The second-order valence-corrected chi connectivity index (χ2v) is 9.55. The number of H-pyrrole nitrogens is 1. The van der Waals surface area contributed by atoms with Crippen LogP contribution in [0.2, 0.25) is 0 Å². The summed E-state index contributed by atoms with van der Waals surface area (Å²) in [6.07, 6.45) is 12.3. The van der Waals surface area contributed by atoms with Crippen molar-refractivity contribution in [2.24, 2.45) is 0 Å². The van der Waals surface area contributed by atoms with Crippen LogP contribution >= 0.6 is 11.3 Å². The minimum Gasteiger partial charge on any atom is -0.379 e. The molecule has 31 heavy (non-hydrogen) atoms. The molecule has 2 fully saturated rings. The fourth-order valence-corrected chi connectivity index (χ4v) is 6.06. The van der Waals surface area contributed by atoms with Crippen LogP contribution in [0.25, 0.3) is 31.6 Å². The molecule has 1 aliphatic heterocycles. The van der Waals surface area contributed by atoms with E-state index in [0.717, 1.165) is 48.7 Å². The number of anilines is 1. The van der Waals surface area contributed by atoms with E-state index >= 15 is 0 Å². The molecule has 0 spiro atoms. The first-order valence-electron chi connectivity index (χ1n) is 11.1. The number of nitrogens with one attached hydrogen (secondary N) is 2. The Hall–Kier alpha value is -2.55. The molecule has 0 unspecified atom stereocenters. The lowest BCUT2D eigenvalue weighted by Gasteiger charge is -2.39. The molecule has 1 saturated carbocycles. The number of ether oxygens (including phenoxy) is 1. The summed E-state index contributed by atoms with van der Waals surface area (Å²) < 4.78 is 6.76. The average molecular weight is 435 g/mol. The number of hydrogen-bond acceptors (Lipinski definition) is 7. The van der Waals surface area contributed by atoms with Crippen LogP contribution in [0.15, 0.2) is 37.1 Å². The normalized spacial score (nSPS) is 22.8. The summed E-state index contributed by atoms with van der Waals surface area (Å²) in [7, 11) is 0. The number of morpholine rings is 1. The summed E-state index contributed by atoms with van der Waals surface area (Å²) in [6.45, 7) is 3.90. The number of thiophene rings is 1. The van der Waals surface area contributed by atoms with E-state index in [0.29, 0.717) is 12.1 Å². The zero-order valence-electron chi connectivity index (χ0n) is 17.4. The largest absolute Gasteiger partial charge is 0.379 e. The number of aromatic nitrogens is 4. The van der Waals surface area contributed by atoms with Gasteiger partial charge < -0.3 is 15.0 Å². The van der Waals surface area contributed by atoms with Crippen LogP contribution in [-0.4, -0.2) is 63.2 Å². The average Bonchev–Trinajstić information content (AvgIpc) is 3.45. The predicted molar refractivity (Wildman–Crippen MR) is 125 cm³/mol. The lowest BCUT2D eigenvalue weighted by molar-refractivity contribution is 0.00791. The summed E-state index contributed by atoms with van der Waals surface area (Å²) in [5.74, 6) is 0.937. The van der Waals surface area contributed by atoms with Gasteiger partial charge in [-0.25, -0.2) is 9.97 Å². The maximum atomic E-state index is 5.52. The highest BCUT2D eigenvalue weighted by atomic mass is 32.1. The molecule has 4 aromatic heterocycles. The number of hydrogen-bond donors (Lipinski definition) is 2. The van der Waals surface area contributed by atoms with E-state index in [-0.39, 0.29) is 0 Å². The van der Waals surface area contributed by atoms with Crippen molar-refractivity contribution in [3.63, 3.8) is 0 Å². The summed E-state index contributed by atoms with van der Waals surface area (Å²) in [5, 5.41) is 6.01. The molecule has 0 amide bonds. The van der Waals surface area contributed by atoms with Gasteiger partial charge in [0.25, 0.3) is 0 Å². The van der Waals surface area contributed by atoms with Crippen molar-refractivity contribution in [2.45, 2.75) is 37.8 Å². The summed E-state index contributed by atoms with van der Waals surface area (Å²) in [4.78, 5) is 20.5. The molecule has 6 rings (SSSR count). The maximum Gasteiger partial charge on any atom is 0.143 e. The molecule has 2 aliphatic rings. The van der Waals surface area contributed by atoms with Gasteiger partial charge in [-0.1, -0.05) is 0 Å². The van der Waals surface area contributed by atoms with Gasteiger partial charge in [0, 0.05) is 64.3 Å². The van der Waals surface area contributed by atoms with E-state index in [1.54, 1.807) is 17.7 Å². The Morgan fingerprint density at radius 1 is 1.13 bits per heavy atom. The third kappa shape index (κ3) is 3.69. The second-order valence-electron chi connectivity index (χ2n) is 8.47. The number of fused-ring (bicyclic) bond motifs is 2. The van der Waals surface area contributed by atoms with Gasteiger partial charge >= 0.3 is 0 Å². The van der Waals surface area contributed by atoms with Crippen LogP contribution in [0, 0.1) is 0 Å². The molecular weight excluding hydrogens is 408 g/mol. The van der Waals surface area contributed by atoms with Gasteiger partial charge in [-0.05, 0) is 37.8 Å². The molecule has 2 N–H and O–H groups in total. The lowest BCUT2D eigenvalue weighted by Crippen LogP contribution is -2.46. The van der Waals surface area contributed by atoms with Crippen molar-refractivity contribution in [1.29, 1.82) is 0 Å². The minimum atomic E-state index is 0.449. The van der Waals surface area contributed by atoms with Crippen molar-refractivity contribution < 1.29 is 4.74 Å². The molecular formula is C23H26N6OS. The van der Waals surface area contributed by atoms with Crippen LogP contribution in [0.5, 0.6) is 0 Å². The number of nitrogens with zero attached hydrogens (tertiary/aromatic N) is 4. The molecule has 0 radical (unpaired) electrons. The Bertz CT molecular complexity index is 1160. The Kier molecular flexibility index (Phi) is 5.06. The SMILES string of the molecule is c1cc2sc(-c3c[nH]c4ncnc(NC5CCC(N6CCOCC6)CC5)c34)cc2cn1. The molecule has 1 saturated heterocycles. The lowest BCUT2D eigenvalue weighted by atomic mass is 9.90. The van der Waals surface area contributed by atoms with Crippen molar-refractivity contribution in [3.05, 3.63) is 37.1 Å². The minimum absolute atomic E-state index is 0.449. The standard InChI is InChI=1S/C23H26N6OS/c1-3-17(29-7-9-30-10-8-29)4-2-16(1)28-23-21-18(13-25-22(21)26-14-27-23)20-11-15-12-24-6-5-19(15)31-20/h5-6,11-14,16-17H,1-4,7-10H2,(H2,25,26,27,28). The van der Waals surface area contributed by atoms with Crippen molar-refractivity contribution >= 4 is 38.3 Å². The molecule has 4 aromatic rings. The van der Waals surface area contributed by atoms with Crippen LogP contribution < -0.4 is 5.32 Å². The van der Waals surface area contributed by atoms with Gasteiger partial charge in [-0.2, -0.15) is 0 Å². The van der Waals surface area contributed by atoms with Crippen molar-refractivity contribution in [1.82, 2.24) is 24.8 Å².